The topological polar surface area (TPSA) is 220 Å². The fourth-order valence-electron chi connectivity index (χ4n) is 2.24. The second-order valence-electron chi connectivity index (χ2n) is 6.48. The number of hydrogen-bond acceptors (Lipinski definition) is 12. The number of methoxy groups -OCH3 is 1. The lowest BCUT2D eigenvalue weighted by molar-refractivity contribution is -0.113. The van der Waals surface area contributed by atoms with Crippen LogP contribution in [0, 0.1) is 0 Å². The van der Waals surface area contributed by atoms with Crippen molar-refractivity contribution in [1.29, 1.82) is 0 Å². The standard InChI is InChI=1S/C11H12N4O3S.C7H17NO5/c1-18-11-6-10(13-7-14-11)15-19(16,17)9-4-2-8(12)3-5-9;1-8-2-4(10)6(12)7(13)5(11)3-9/h2-7H,12H2,1H3,(H,13,14,15);4-13H,2-3H2,1H3/t;4-,5+,6+,7+/m.0/s1. The molecule has 0 bridgehead atoms. The van der Waals surface area contributed by atoms with Gasteiger partial charge in [-0.2, -0.15) is 0 Å². The number of aliphatic hydroxyl groups excluding tert-OH is 5. The predicted octanol–water partition coefficient (Wildman–Crippen LogP) is -2.49. The number of aromatic nitrogens is 2. The van der Waals surface area contributed by atoms with Crippen LogP contribution in [0.25, 0.3) is 0 Å². The SMILES string of the molecule is CNC[C@H](O)[C@@H](O)[C@H](O)[C@H](O)CO.COc1cc(NS(=O)(=O)c2ccc(N)cc2)ncn1. The number of likely N-dealkylation sites (N-methyl/N-ethyl adjacent to an activating group) is 1. The van der Waals surface area contributed by atoms with Crippen molar-refractivity contribution in [1.82, 2.24) is 15.3 Å². The van der Waals surface area contributed by atoms with E-state index in [1.807, 2.05) is 0 Å². The number of sulfonamides is 1. The van der Waals surface area contributed by atoms with Gasteiger partial charge in [0.2, 0.25) is 5.88 Å². The van der Waals surface area contributed by atoms with Gasteiger partial charge in [0.15, 0.2) is 0 Å². The maximum absolute atomic E-state index is 12.1. The molecule has 1 heterocycles. The van der Waals surface area contributed by atoms with E-state index in [0.717, 1.165) is 0 Å². The Labute approximate surface area is 185 Å². The molecular formula is C18H29N5O8S. The molecule has 0 aliphatic carbocycles. The van der Waals surface area contributed by atoms with Crippen molar-refractivity contribution in [2.24, 2.45) is 0 Å². The van der Waals surface area contributed by atoms with Crippen LogP contribution in [0.5, 0.6) is 5.88 Å². The van der Waals surface area contributed by atoms with Crippen molar-refractivity contribution < 1.29 is 38.7 Å². The fraction of sp³-hybridized carbons (Fsp3) is 0.444. The second-order valence-corrected chi connectivity index (χ2v) is 8.16. The molecule has 0 spiro atoms. The summed E-state index contributed by atoms with van der Waals surface area (Å²) in [6.07, 6.45) is -4.44. The van der Waals surface area contributed by atoms with Gasteiger partial charge in [-0.15, -0.1) is 0 Å². The largest absolute Gasteiger partial charge is 0.481 e. The zero-order valence-electron chi connectivity index (χ0n) is 17.5. The predicted molar refractivity (Wildman–Crippen MR) is 115 cm³/mol. The van der Waals surface area contributed by atoms with E-state index in [9.17, 15) is 13.5 Å². The Morgan fingerprint density at radius 3 is 2.19 bits per heavy atom. The van der Waals surface area contributed by atoms with E-state index in [-0.39, 0.29) is 23.1 Å². The van der Waals surface area contributed by atoms with Gasteiger partial charge in [0.25, 0.3) is 10.0 Å². The van der Waals surface area contributed by atoms with Crippen LogP contribution in [0.3, 0.4) is 0 Å². The Kier molecular flexibility index (Phi) is 11.2. The molecule has 0 saturated carbocycles. The first-order valence-corrected chi connectivity index (χ1v) is 10.8. The molecule has 9 N–H and O–H groups in total. The summed E-state index contributed by atoms with van der Waals surface area (Å²) in [5.74, 6) is 0.397. The average Bonchev–Trinajstić information content (AvgIpc) is 2.78. The van der Waals surface area contributed by atoms with E-state index in [4.69, 9.17) is 30.9 Å². The van der Waals surface area contributed by atoms with Crippen LogP contribution in [0.15, 0.2) is 41.6 Å². The smallest absolute Gasteiger partial charge is 0.263 e. The molecule has 0 radical (unpaired) electrons. The molecule has 14 heteroatoms. The maximum Gasteiger partial charge on any atom is 0.263 e. The van der Waals surface area contributed by atoms with Crippen LogP contribution in [0.4, 0.5) is 11.5 Å². The molecule has 180 valence electrons. The van der Waals surface area contributed by atoms with Gasteiger partial charge in [-0.25, -0.2) is 18.4 Å². The molecule has 0 amide bonds. The van der Waals surface area contributed by atoms with Crippen molar-refractivity contribution >= 4 is 21.5 Å². The summed E-state index contributed by atoms with van der Waals surface area (Å²) in [5.41, 5.74) is 6.00. The highest BCUT2D eigenvalue weighted by Gasteiger charge is 2.29. The van der Waals surface area contributed by atoms with Crippen molar-refractivity contribution in [3.63, 3.8) is 0 Å². The quantitative estimate of drug-likeness (QED) is 0.167. The van der Waals surface area contributed by atoms with Gasteiger partial charge >= 0.3 is 0 Å². The Morgan fingerprint density at radius 1 is 1.06 bits per heavy atom. The number of benzene rings is 1. The molecule has 1 aromatic heterocycles. The third kappa shape index (κ3) is 8.51. The summed E-state index contributed by atoms with van der Waals surface area (Å²) in [4.78, 5) is 7.69. The highest BCUT2D eigenvalue weighted by atomic mass is 32.2. The number of rotatable bonds is 10. The van der Waals surface area contributed by atoms with Gasteiger partial charge in [0.05, 0.1) is 24.7 Å². The number of anilines is 2. The van der Waals surface area contributed by atoms with Gasteiger partial charge in [-0.3, -0.25) is 4.72 Å². The molecule has 0 saturated heterocycles. The molecule has 1 aromatic carbocycles. The van der Waals surface area contributed by atoms with E-state index >= 15 is 0 Å². The first-order chi connectivity index (χ1) is 15.0. The molecule has 2 aromatic rings. The molecule has 4 atom stereocenters. The molecule has 0 aliphatic heterocycles. The number of hydrogen-bond donors (Lipinski definition) is 8. The van der Waals surface area contributed by atoms with Crippen LogP contribution in [-0.4, -0.2) is 95.6 Å². The number of nitrogen functional groups attached to an aromatic ring is 1. The molecule has 2 rings (SSSR count). The van der Waals surface area contributed by atoms with Crippen molar-refractivity contribution in [2.45, 2.75) is 29.3 Å². The monoisotopic (exact) mass is 475 g/mol. The Balaban J connectivity index is 0.000000347. The van der Waals surface area contributed by atoms with Crippen molar-refractivity contribution in [2.75, 3.05) is 37.8 Å². The van der Waals surface area contributed by atoms with E-state index < -0.39 is 41.0 Å². The lowest BCUT2D eigenvalue weighted by atomic mass is 10.0. The minimum Gasteiger partial charge on any atom is -0.481 e. The molecule has 0 unspecified atom stereocenters. The van der Waals surface area contributed by atoms with Crippen LogP contribution in [0.2, 0.25) is 0 Å². The summed E-state index contributed by atoms with van der Waals surface area (Å²) < 4.78 is 31.3. The van der Waals surface area contributed by atoms with Gasteiger partial charge in [0.1, 0.15) is 30.5 Å². The maximum atomic E-state index is 12.1. The van der Waals surface area contributed by atoms with Gasteiger partial charge in [-0.1, -0.05) is 0 Å². The van der Waals surface area contributed by atoms with Crippen LogP contribution >= 0.6 is 0 Å². The van der Waals surface area contributed by atoms with Crippen LogP contribution < -0.4 is 20.5 Å². The van der Waals surface area contributed by atoms with Gasteiger partial charge in [-0.05, 0) is 31.3 Å². The Hall–Kier alpha value is -2.59. The van der Waals surface area contributed by atoms with E-state index in [0.29, 0.717) is 5.69 Å². The third-order valence-electron chi connectivity index (χ3n) is 4.02. The lowest BCUT2D eigenvalue weighted by Crippen LogP contribution is -2.48. The molecular weight excluding hydrogens is 446 g/mol. The zero-order chi connectivity index (χ0) is 24.3. The summed E-state index contributed by atoms with van der Waals surface area (Å²) in [6.45, 7) is -0.569. The number of nitrogens with one attached hydrogen (secondary N) is 2. The normalized spacial score (nSPS) is 15.0. The second kappa shape index (κ2) is 13.1. The minimum absolute atomic E-state index is 0.0936. The summed E-state index contributed by atoms with van der Waals surface area (Å²) in [5, 5.41) is 47.5. The lowest BCUT2D eigenvalue weighted by Gasteiger charge is -2.25. The summed E-state index contributed by atoms with van der Waals surface area (Å²) >= 11 is 0. The first kappa shape index (κ1) is 27.4. The average molecular weight is 476 g/mol. The minimum atomic E-state index is -3.71. The highest BCUT2D eigenvalue weighted by molar-refractivity contribution is 7.92. The summed E-state index contributed by atoms with van der Waals surface area (Å²) in [6, 6.07) is 7.23. The third-order valence-corrected chi connectivity index (χ3v) is 5.39. The molecule has 0 aliphatic rings. The van der Waals surface area contributed by atoms with E-state index in [2.05, 4.69) is 20.0 Å². The van der Waals surface area contributed by atoms with Gasteiger partial charge < -0.3 is 41.3 Å². The van der Waals surface area contributed by atoms with Crippen molar-refractivity contribution in [3.05, 3.63) is 36.7 Å². The van der Waals surface area contributed by atoms with Crippen molar-refractivity contribution in [3.8, 4) is 5.88 Å². The number of aliphatic hydroxyl groups is 5. The molecule has 32 heavy (non-hydrogen) atoms. The van der Waals surface area contributed by atoms with Crippen LogP contribution in [0.1, 0.15) is 0 Å². The molecule has 0 fully saturated rings. The Morgan fingerprint density at radius 2 is 1.66 bits per heavy atom. The number of nitrogens with zero attached hydrogens (tertiary/aromatic N) is 2. The number of ether oxygens (including phenoxy) is 1. The molecule has 13 nitrogen and oxygen atoms in total. The van der Waals surface area contributed by atoms with E-state index in [1.54, 1.807) is 7.05 Å². The van der Waals surface area contributed by atoms with Crippen LogP contribution in [-0.2, 0) is 10.0 Å². The first-order valence-electron chi connectivity index (χ1n) is 9.27. The Bertz CT molecular complexity index is 916. The fourth-order valence-corrected chi connectivity index (χ4v) is 3.24. The highest BCUT2D eigenvalue weighted by Crippen LogP contribution is 2.17. The van der Waals surface area contributed by atoms with Gasteiger partial charge in [0, 0.05) is 18.3 Å². The zero-order valence-corrected chi connectivity index (χ0v) is 18.3. The summed E-state index contributed by atoms with van der Waals surface area (Å²) in [7, 11) is -0.701. The van der Waals surface area contributed by atoms with E-state index in [1.165, 1.54) is 43.8 Å². The number of nitrogens with two attached hydrogens (primary N) is 1.